The Hall–Kier alpha value is -2.90. The quantitative estimate of drug-likeness (QED) is 0.549. The number of primary amides is 1. The van der Waals surface area contributed by atoms with E-state index in [1.165, 1.54) is 6.92 Å². The first-order valence-corrected chi connectivity index (χ1v) is 6.83. The lowest BCUT2D eigenvalue weighted by Gasteiger charge is -2.23. The molecule has 0 radical (unpaired) electrons. The molecule has 0 aromatic heterocycles. The second-order valence-corrected chi connectivity index (χ2v) is 5.12. The molecule has 0 aliphatic carbocycles. The second kappa shape index (κ2) is 7.92. The fourth-order valence-corrected chi connectivity index (χ4v) is 2.21. The van der Waals surface area contributed by atoms with Crippen LogP contribution in [0, 0.1) is 17.8 Å². The molecule has 0 saturated carbocycles. The number of rotatable bonds is 8. The molecule has 5 N–H and O–H groups in total. The lowest BCUT2D eigenvalue weighted by Crippen LogP contribution is -2.41. The maximum absolute atomic E-state index is 12.0. The zero-order valence-corrected chi connectivity index (χ0v) is 12.4. The number of hydrogen-bond acceptors (Lipinski definition) is 4. The highest BCUT2D eigenvalue weighted by Gasteiger charge is 2.41. The van der Waals surface area contributed by atoms with Gasteiger partial charge in [0.15, 0.2) is 0 Å². The van der Waals surface area contributed by atoms with Crippen molar-refractivity contribution < 1.29 is 29.4 Å². The molecule has 2 amide bonds. The Balaban J connectivity index is 2.92. The summed E-state index contributed by atoms with van der Waals surface area (Å²) in [6.45, 7) is 1.23. The number of hydrogen-bond donors (Lipinski definition) is 4. The minimum atomic E-state index is -1.59. The van der Waals surface area contributed by atoms with E-state index in [1.54, 1.807) is 30.3 Å². The monoisotopic (exact) mass is 322 g/mol. The topological polar surface area (TPSA) is 147 Å². The van der Waals surface area contributed by atoms with E-state index >= 15 is 0 Å². The molecule has 0 bridgehead atoms. The summed E-state index contributed by atoms with van der Waals surface area (Å²) >= 11 is 0. The van der Waals surface area contributed by atoms with Crippen molar-refractivity contribution in [2.45, 2.75) is 13.3 Å². The number of nitrogens with two attached hydrogens (primary N) is 1. The van der Waals surface area contributed by atoms with Crippen LogP contribution in [0.4, 0.5) is 5.69 Å². The Morgan fingerprint density at radius 3 is 2.09 bits per heavy atom. The van der Waals surface area contributed by atoms with E-state index < -0.39 is 47.9 Å². The SMILES string of the molecule is CC(C(N)=O)C(C(=O)O)C(CC(=O)Nc1ccccc1)C(=O)O. The molecule has 3 atom stereocenters. The van der Waals surface area contributed by atoms with E-state index in [2.05, 4.69) is 5.32 Å². The third kappa shape index (κ3) is 5.10. The molecule has 1 aromatic carbocycles. The molecular weight excluding hydrogens is 304 g/mol. The molecular formula is C15H18N2O6. The van der Waals surface area contributed by atoms with Crippen LogP contribution in [0.1, 0.15) is 13.3 Å². The molecule has 1 rings (SSSR count). The van der Waals surface area contributed by atoms with Crippen LogP contribution in [0.3, 0.4) is 0 Å². The summed E-state index contributed by atoms with van der Waals surface area (Å²) in [5.41, 5.74) is 5.53. The van der Waals surface area contributed by atoms with Crippen LogP contribution in [0.2, 0.25) is 0 Å². The predicted octanol–water partition coefficient (Wildman–Crippen LogP) is 0.538. The lowest BCUT2D eigenvalue weighted by atomic mass is 9.80. The van der Waals surface area contributed by atoms with Crippen molar-refractivity contribution in [3.8, 4) is 0 Å². The number of amides is 2. The molecule has 0 spiro atoms. The first-order valence-electron chi connectivity index (χ1n) is 6.83. The fraction of sp³-hybridized carbons (Fsp3) is 0.333. The van der Waals surface area contributed by atoms with E-state index in [0.29, 0.717) is 5.69 Å². The minimum absolute atomic E-state index is 0.455. The van der Waals surface area contributed by atoms with Crippen molar-refractivity contribution in [1.29, 1.82) is 0 Å². The highest BCUT2D eigenvalue weighted by Crippen LogP contribution is 2.25. The van der Waals surface area contributed by atoms with E-state index in [4.69, 9.17) is 5.73 Å². The van der Waals surface area contributed by atoms with Crippen LogP contribution in [0.25, 0.3) is 0 Å². The average Bonchev–Trinajstić information content (AvgIpc) is 2.46. The van der Waals surface area contributed by atoms with Gasteiger partial charge in [0.2, 0.25) is 11.8 Å². The number of carboxylic acids is 2. The Labute approximate surface area is 132 Å². The van der Waals surface area contributed by atoms with Crippen LogP contribution in [-0.4, -0.2) is 34.0 Å². The Bertz CT molecular complexity index is 601. The molecule has 1 aromatic rings. The van der Waals surface area contributed by atoms with Gasteiger partial charge >= 0.3 is 11.9 Å². The van der Waals surface area contributed by atoms with Gasteiger partial charge in [0, 0.05) is 18.0 Å². The van der Waals surface area contributed by atoms with Crippen molar-refractivity contribution in [3.05, 3.63) is 30.3 Å². The van der Waals surface area contributed by atoms with Gasteiger partial charge in [-0.05, 0) is 12.1 Å². The standard InChI is InChI=1S/C15H18N2O6/c1-8(13(16)19)12(15(22)23)10(14(20)21)7-11(18)17-9-5-3-2-4-6-9/h2-6,8,10,12H,7H2,1H3,(H2,16,19)(H,17,18)(H,20,21)(H,22,23). The number of anilines is 1. The van der Waals surface area contributed by atoms with Crippen LogP contribution < -0.4 is 11.1 Å². The van der Waals surface area contributed by atoms with Crippen LogP contribution >= 0.6 is 0 Å². The smallest absolute Gasteiger partial charge is 0.308 e. The zero-order chi connectivity index (χ0) is 17.6. The maximum Gasteiger partial charge on any atom is 0.308 e. The summed E-state index contributed by atoms with van der Waals surface area (Å²) in [4.78, 5) is 45.9. The molecule has 0 aliphatic heterocycles. The van der Waals surface area contributed by atoms with Crippen molar-refractivity contribution in [2.75, 3.05) is 5.32 Å². The maximum atomic E-state index is 12.0. The molecule has 0 heterocycles. The van der Waals surface area contributed by atoms with Gasteiger partial charge in [0.05, 0.1) is 11.8 Å². The first-order chi connectivity index (χ1) is 10.7. The number of nitrogens with one attached hydrogen (secondary N) is 1. The summed E-state index contributed by atoms with van der Waals surface area (Å²) in [6, 6.07) is 8.31. The van der Waals surface area contributed by atoms with Gasteiger partial charge in [-0.1, -0.05) is 25.1 Å². The molecule has 0 fully saturated rings. The number of para-hydroxylation sites is 1. The summed E-state index contributed by atoms with van der Waals surface area (Å²) in [5.74, 6) is -8.95. The van der Waals surface area contributed by atoms with Gasteiger partial charge in [-0.2, -0.15) is 0 Å². The van der Waals surface area contributed by atoms with Gasteiger partial charge in [0.25, 0.3) is 0 Å². The van der Waals surface area contributed by atoms with E-state index in [9.17, 15) is 29.4 Å². The Morgan fingerprint density at radius 2 is 1.65 bits per heavy atom. The van der Waals surface area contributed by atoms with Crippen molar-refractivity contribution in [1.82, 2.24) is 0 Å². The zero-order valence-electron chi connectivity index (χ0n) is 12.4. The van der Waals surface area contributed by atoms with Crippen LogP contribution in [-0.2, 0) is 19.2 Å². The molecule has 0 saturated heterocycles. The molecule has 124 valence electrons. The second-order valence-electron chi connectivity index (χ2n) is 5.12. The lowest BCUT2D eigenvalue weighted by molar-refractivity contribution is -0.158. The molecule has 0 aliphatic rings. The Kier molecular flexibility index (Phi) is 6.25. The number of carboxylic acid groups (broad SMARTS) is 2. The molecule has 23 heavy (non-hydrogen) atoms. The Morgan fingerprint density at radius 1 is 1.09 bits per heavy atom. The summed E-state index contributed by atoms with van der Waals surface area (Å²) < 4.78 is 0. The molecule has 8 heteroatoms. The van der Waals surface area contributed by atoms with Crippen LogP contribution in [0.5, 0.6) is 0 Å². The normalized spacial score (nSPS) is 14.3. The number of aliphatic carboxylic acids is 2. The van der Waals surface area contributed by atoms with E-state index in [-0.39, 0.29) is 0 Å². The highest BCUT2D eigenvalue weighted by molar-refractivity contribution is 5.95. The summed E-state index contributed by atoms with van der Waals surface area (Å²) in [7, 11) is 0. The van der Waals surface area contributed by atoms with E-state index in [1.807, 2.05) is 0 Å². The molecule has 8 nitrogen and oxygen atoms in total. The average molecular weight is 322 g/mol. The summed E-state index contributed by atoms with van der Waals surface area (Å²) in [5, 5.41) is 20.9. The third-order valence-corrected chi connectivity index (χ3v) is 3.49. The van der Waals surface area contributed by atoms with Crippen molar-refractivity contribution in [2.24, 2.45) is 23.5 Å². The van der Waals surface area contributed by atoms with Gasteiger partial charge in [0.1, 0.15) is 0 Å². The van der Waals surface area contributed by atoms with Gasteiger partial charge in [-0.25, -0.2) is 0 Å². The largest absolute Gasteiger partial charge is 0.481 e. The number of carbonyl (C=O) groups excluding carboxylic acids is 2. The first kappa shape index (κ1) is 18.1. The predicted molar refractivity (Wildman–Crippen MR) is 80.3 cm³/mol. The van der Waals surface area contributed by atoms with Crippen molar-refractivity contribution in [3.63, 3.8) is 0 Å². The fourth-order valence-electron chi connectivity index (χ4n) is 2.21. The molecule has 3 unspecified atom stereocenters. The van der Waals surface area contributed by atoms with E-state index in [0.717, 1.165) is 0 Å². The van der Waals surface area contributed by atoms with Crippen molar-refractivity contribution >= 4 is 29.4 Å². The number of benzene rings is 1. The van der Waals surface area contributed by atoms with Gasteiger partial charge in [-0.15, -0.1) is 0 Å². The van der Waals surface area contributed by atoms with Gasteiger partial charge in [-0.3, -0.25) is 19.2 Å². The van der Waals surface area contributed by atoms with Gasteiger partial charge < -0.3 is 21.3 Å². The third-order valence-electron chi connectivity index (χ3n) is 3.49. The number of carbonyl (C=O) groups is 4. The van der Waals surface area contributed by atoms with Crippen LogP contribution in [0.15, 0.2) is 30.3 Å². The summed E-state index contributed by atoms with van der Waals surface area (Å²) in [6.07, 6.45) is -0.585. The highest BCUT2D eigenvalue weighted by atomic mass is 16.4. The minimum Gasteiger partial charge on any atom is -0.481 e.